The molecule has 1 fully saturated rings. The lowest BCUT2D eigenvalue weighted by Gasteiger charge is -2.32. The summed E-state index contributed by atoms with van der Waals surface area (Å²) in [7, 11) is -3.68. The standard InChI is InChI=1S/C25H26N4O5S2/c1-3-16-27-22-17-20(29(31)32)12-15-23(22)35-25(27)26-24(30)18-10-13-21(14-11-18)36(33,34)28(4-2)19-8-6-5-7-9-19/h1,10-15,17,19H,4-9,16H2,2H3. The lowest BCUT2D eigenvalue weighted by Crippen LogP contribution is -2.41. The van der Waals surface area contributed by atoms with E-state index in [0.717, 1.165) is 32.1 Å². The van der Waals surface area contributed by atoms with E-state index in [1.165, 1.54) is 47.7 Å². The number of benzene rings is 2. The number of hydrogen-bond donors (Lipinski definition) is 0. The zero-order valence-electron chi connectivity index (χ0n) is 19.8. The second-order valence-electron chi connectivity index (χ2n) is 8.53. The summed E-state index contributed by atoms with van der Waals surface area (Å²) < 4.78 is 30.4. The van der Waals surface area contributed by atoms with Gasteiger partial charge in [-0.25, -0.2) is 8.42 Å². The number of hydrogen-bond acceptors (Lipinski definition) is 6. The zero-order valence-corrected chi connectivity index (χ0v) is 21.4. The molecule has 188 valence electrons. The van der Waals surface area contributed by atoms with Gasteiger partial charge in [0, 0.05) is 30.3 Å². The fourth-order valence-electron chi connectivity index (χ4n) is 4.55. The number of fused-ring (bicyclic) bond motifs is 1. The lowest BCUT2D eigenvalue weighted by molar-refractivity contribution is -0.384. The molecule has 1 saturated carbocycles. The Morgan fingerprint density at radius 3 is 2.53 bits per heavy atom. The number of nitrogens with zero attached hydrogens (tertiary/aromatic N) is 4. The van der Waals surface area contributed by atoms with Gasteiger partial charge in [0.25, 0.3) is 11.6 Å². The van der Waals surface area contributed by atoms with Gasteiger partial charge in [0.05, 0.1) is 26.6 Å². The molecule has 0 radical (unpaired) electrons. The number of carbonyl (C=O) groups is 1. The number of rotatable bonds is 7. The molecule has 36 heavy (non-hydrogen) atoms. The topological polar surface area (TPSA) is 115 Å². The molecule has 2 aromatic carbocycles. The molecular formula is C25H26N4O5S2. The minimum atomic E-state index is -3.68. The van der Waals surface area contributed by atoms with Gasteiger partial charge in [0.2, 0.25) is 10.0 Å². The SMILES string of the molecule is C#CCn1c(=NC(=O)c2ccc(S(=O)(=O)N(CC)C3CCCCC3)cc2)sc2ccc([N+](=O)[O-])cc21. The van der Waals surface area contributed by atoms with Crippen molar-refractivity contribution in [1.29, 1.82) is 0 Å². The maximum Gasteiger partial charge on any atom is 0.279 e. The van der Waals surface area contributed by atoms with E-state index in [9.17, 15) is 23.3 Å². The molecule has 1 aliphatic carbocycles. The summed E-state index contributed by atoms with van der Waals surface area (Å²) in [5.41, 5.74) is 0.656. The number of thiazole rings is 1. The molecule has 9 nitrogen and oxygen atoms in total. The maximum absolute atomic E-state index is 13.3. The fourth-order valence-corrected chi connectivity index (χ4v) is 7.25. The van der Waals surface area contributed by atoms with E-state index < -0.39 is 20.9 Å². The van der Waals surface area contributed by atoms with Gasteiger partial charge >= 0.3 is 0 Å². The molecule has 0 aliphatic heterocycles. The molecule has 1 aromatic heterocycles. The zero-order chi connectivity index (χ0) is 25.9. The Bertz CT molecular complexity index is 1510. The summed E-state index contributed by atoms with van der Waals surface area (Å²) in [6, 6.07) is 10.2. The van der Waals surface area contributed by atoms with Gasteiger partial charge in [-0.15, -0.1) is 6.42 Å². The summed E-state index contributed by atoms with van der Waals surface area (Å²) >= 11 is 1.19. The number of nitro benzene ring substituents is 1. The minimum Gasteiger partial charge on any atom is -0.304 e. The average Bonchev–Trinajstić information content (AvgIpc) is 3.21. The fraction of sp³-hybridized carbons (Fsp3) is 0.360. The molecule has 0 bridgehead atoms. The smallest absolute Gasteiger partial charge is 0.279 e. The van der Waals surface area contributed by atoms with Crippen LogP contribution >= 0.6 is 11.3 Å². The van der Waals surface area contributed by atoms with Crippen LogP contribution in [0.25, 0.3) is 10.2 Å². The van der Waals surface area contributed by atoms with Gasteiger partial charge in [-0.2, -0.15) is 9.30 Å². The molecule has 0 atom stereocenters. The quantitative estimate of drug-likeness (QED) is 0.258. The van der Waals surface area contributed by atoms with E-state index in [4.69, 9.17) is 6.42 Å². The van der Waals surface area contributed by atoms with Crippen molar-refractivity contribution in [3.05, 3.63) is 62.9 Å². The monoisotopic (exact) mass is 526 g/mol. The summed E-state index contributed by atoms with van der Waals surface area (Å²) in [6.45, 7) is 2.31. The van der Waals surface area contributed by atoms with E-state index in [1.54, 1.807) is 14.9 Å². The van der Waals surface area contributed by atoms with Gasteiger partial charge in [-0.05, 0) is 43.2 Å². The first-order valence-electron chi connectivity index (χ1n) is 11.7. The van der Waals surface area contributed by atoms with Crippen LogP contribution in [0.1, 0.15) is 49.4 Å². The second-order valence-corrected chi connectivity index (χ2v) is 11.4. The highest BCUT2D eigenvalue weighted by atomic mass is 32.2. The highest BCUT2D eigenvalue weighted by Crippen LogP contribution is 2.28. The van der Waals surface area contributed by atoms with Crippen LogP contribution in [0, 0.1) is 22.5 Å². The number of non-ortho nitro benzene ring substituents is 1. The van der Waals surface area contributed by atoms with Gasteiger partial charge in [-0.1, -0.05) is 43.4 Å². The van der Waals surface area contributed by atoms with Gasteiger partial charge < -0.3 is 4.57 Å². The van der Waals surface area contributed by atoms with Crippen molar-refractivity contribution in [3.8, 4) is 12.3 Å². The normalized spacial score (nSPS) is 15.3. The summed E-state index contributed by atoms with van der Waals surface area (Å²) in [5.74, 6) is 1.92. The third kappa shape index (κ3) is 5.11. The predicted octanol–water partition coefficient (Wildman–Crippen LogP) is 4.33. The van der Waals surface area contributed by atoms with Gasteiger partial charge in [-0.3, -0.25) is 14.9 Å². The molecule has 1 aliphatic rings. The van der Waals surface area contributed by atoms with Crippen molar-refractivity contribution in [1.82, 2.24) is 8.87 Å². The van der Waals surface area contributed by atoms with Crippen molar-refractivity contribution in [3.63, 3.8) is 0 Å². The van der Waals surface area contributed by atoms with E-state index in [1.807, 2.05) is 6.92 Å². The number of carbonyl (C=O) groups excluding carboxylic acids is 1. The second kappa shape index (κ2) is 10.7. The Labute approximate surface area is 213 Å². The first kappa shape index (κ1) is 25.8. The molecule has 0 unspecified atom stereocenters. The van der Waals surface area contributed by atoms with E-state index in [0.29, 0.717) is 21.6 Å². The Balaban J connectivity index is 1.65. The highest BCUT2D eigenvalue weighted by Gasteiger charge is 2.31. The molecule has 3 aromatic rings. The van der Waals surface area contributed by atoms with Crippen LogP contribution in [0.3, 0.4) is 0 Å². The third-order valence-corrected chi connectivity index (χ3v) is 9.43. The van der Waals surface area contributed by atoms with Crippen molar-refractivity contribution in [2.75, 3.05) is 6.54 Å². The Morgan fingerprint density at radius 2 is 1.92 bits per heavy atom. The van der Waals surface area contributed by atoms with E-state index >= 15 is 0 Å². The Hall–Kier alpha value is -3.33. The van der Waals surface area contributed by atoms with E-state index in [-0.39, 0.29) is 28.7 Å². The highest BCUT2D eigenvalue weighted by molar-refractivity contribution is 7.89. The maximum atomic E-state index is 13.3. The van der Waals surface area contributed by atoms with Crippen molar-refractivity contribution in [2.24, 2.45) is 4.99 Å². The summed E-state index contributed by atoms with van der Waals surface area (Å²) in [5, 5.41) is 11.2. The number of amides is 1. The van der Waals surface area contributed by atoms with Crippen LogP contribution in [-0.2, 0) is 16.6 Å². The molecular weight excluding hydrogens is 500 g/mol. The minimum absolute atomic E-state index is 0.000411. The predicted molar refractivity (Wildman–Crippen MR) is 138 cm³/mol. The molecule has 0 spiro atoms. The van der Waals surface area contributed by atoms with Crippen molar-refractivity contribution in [2.45, 2.75) is 56.5 Å². The van der Waals surface area contributed by atoms with Crippen molar-refractivity contribution < 1.29 is 18.1 Å². The first-order valence-corrected chi connectivity index (χ1v) is 13.9. The molecule has 11 heteroatoms. The average molecular weight is 527 g/mol. The Kier molecular flexibility index (Phi) is 7.68. The van der Waals surface area contributed by atoms with Gasteiger partial charge in [0.1, 0.15) is 0 Å². The van der Waals surface area contributed by atoms with E-state index in [2.05, 4.69) is 10.9 Å². The van der Waals surface area contributed by atoms with Crippen LogP contribution < -0.4 is 4.80 Å². The molecule has 4 rings (SSSR count). The van der Waals surface area contributed by atoms with Crippen LogP contribution in [0.5, 0.6) is 0 Å². The number of sulfonamides is 1. The summed E-state index contributed by atoms with van der Waals surface area (Å²) in [4.78, 5) is 28.2. The number of aromatic nitrogens is 1. The molecule has 1 heterocycles. The Morgan fingerprint density at radius 1 is 1.22 bits per heavy atom. The molecule has 0 N–H and O–H groups in total. The molecule has 1 amide bonds. The van der Waals surface area contributed by atoms with Crippen LogP contribution in [0.4, 0.5) is 5.69 Å². The van der Waals surface area contributed by atoms with Gasteiger partial charge in [0.15, 0.2) is 4.80 Å². The lowest BCUT2D eigenvalue weighted by atomic mass is 9.95. The third-order valence-electron chi connectivity index (χ3n) is 6.32. The first-order chi connectivity index (χ1) is 17.3. The van der Waals surface area contributed by atoms with Crippen LogP contribution in [-0.4, -0.2) is 40.7 Å². The largest absolute Gasteiger partial charge is 0.304 e. The van der Waals surface area contributed by atoms with Crippen LogP contribution in [0.2, 0.25) is 0 Å². The van der Waals surface area contributed by atoms with Crippen molar-refractivity contribution >= 4 is 43.2 Å². The number of terminal acetylenes is 1. The summed E-state index contributed by atoms with van der Waals surface area (Å²) in [6.07, 6.45) is 10.4. The van der Waals surface area contributed by atoms with Crippen LogP contribution in [0.15, 0.2) is 52.4 Å². The number of nitro groups is 1. The molecule has 0 saturated heterocycles.